The number of hydrogen-bond donors (Lipinski definition) is 1. The molecule has 0 saturated carbocycles. The average molecular weight is 293 g/mol. The number of unbranched alkanes of at least 4 members (excludes halogenated alkanes) is 8. The van der Waals surface area contributed by atoms with Crippen LogP contribution in [0.4, 0.5) is 0 Å². The van der Waals surface area contributed by atoms with E-state index in [1.54, 1.807) is 6.26 Å². The highest BCUT2D eigenvalue weighted by molar-refractivity contribution is 5.11. The lowest BCUT2D eigenvalue weighted by Crippen LogP contribution is -2.21. The minimum atomic E-state index is 0.480. The van der Waals surface area contributed by atoms with Gasteiger partial charge in [0, 0.05) is 11.6 Å². The topological polar surface area (TPSA) is 25.2 Å². The van der Waals surface area contributed by atoms with E-state index in [-0.39, 0.29) is 0 Å². The van der Waals surface area contributed by atoms with E-state index in [0.29, 0.717) is 6.04 Å². The summed E-state index contributed by atoms with van der Waals surface area (Å²) in [5, 5.41) is 3.64. The molecule has 2 nitrogen and oxygen atoms in total. The van der Waals surface area contributed by atoms with Gasteiger partial charge in [0.25, 0.3) is 0 Å². The first kappa shape index (κ1) is 18.3. The molecule has 0 aromatic carbocycles. The fraction of sp³-hybridized carbons (Fsp3) is 0.789. The van der Waals surface area contributed by atoms with E-state index in [2.05, 4.69) is 25.2 Å². The van der Waals surface area contributed by atoms with Crippen molar-refractivity contribution in [2.75, 3.05) is 6.54 Å². The van der Waals surface area contributed by atoms with Crippen molar-refractivity contribution in [2.45, 2.75) is 90.5 Å². The van der Waals surface area contributed by atoms with Crippen LogP contribution in [-0.2, 0) is 0 Å². The molecule has 1 N–H and O–H groups in total. The molecule has 1 rings (SSSR count). The van der Waals surface area contributed by atoms with Gasteiger partial charge in [0.2, 0.25) is 0 Å². The van der Waals surface area contributed by atoms with E-state index < -0.39 is 0 Å². The first-order chi connectivity index (χ1) is 10.4. The second kappa shape index (κ2) is 12.9. The van der Waals surface area contributed by atoms with Crippen LogP contribution in [0.3, 0.4) is 0 Å². The SMILES string of the molecule is CCCCCCCCCCCC(NCCC)c1ccoc1. The highest BCUT2D eigenvalue weighted by Crippen LogP contribution is 2.21. The third-order valence-electron chi connectivity index (χ3n) is 4.18. The Morgan fingerprint density at radius 2 is 1.57 bits per heavy atom. The summed E-state index contributed by atoms with van der Waals surface area (Å²) in [5.41, 5.74) is 1.31. The monoisotopic (exact) mass is 293 g/mol. The Bertz CT molecular complexity index is 307. The predicted molar refractivity (Wildman–Crippen MR) is 91.6 cm³/mol. The fourth-order valence-electron chi connectivity index (χ4n) is 2.84. The van der Waals surface area contributed by atoms with E-state index in [1.165, 1.54) is 76.2 Å². The van der Waals surface area contributed by atoms with Crippen molar-refractivity contribution in [1.82, 2.24) is 5.32 Å². The molecule has 0 aliphatic carbocycles. The van der Waals surface area contributed by atoms with E-state index in [1.807, 2.05) is 6.26 Å². The van der Waals surface area contributed by atoms with Gasteiger partial charge in [0.1, 0.15) is 0 Å². The smallest absolute Gasteiger partial charge is 0.0950 e. The Labute approximate surface area is 131 Å². The number of hydrogen-bond acceptors (Lipinski definition) is 2. The standard InChI is InChI=1S/C19H35NO/c1-3-5-6-7-8-9-10-11-12-13-19(20-15-4-2)18-14-16-21-17-18/h14,16-17,19-20H,3-13,15H2,1-2H3. The van der Waals surface area contributed by atoms with Crippen molar-refractivity contribution in [3.63, 3.8) is 0 Å². The zero-order chi connectivity index (χ0) is 15.2. The van der Waals surface area contributed by atoms with Gasteiger partial charge < -0.3 is 9.73 Å². The van der Waals surface area contributed by atoms with Crippen LogP contribution in [0.2, 0.25) is 0 Å². The molecule has 1 aromatic heterocycles. The molecule has 1 heterocycles. The highest BCUT2D eigenvalue weighted by Gasteiger charge is 2.11. The van der Waals surface area contributed by atoms with Crippen molar-refractivity contribution in [3.05, 3.63) is 24.2 Å². The minimum absolute atomic E-state index is 0.480. The average Bonchev–Trinajstić information content (AvgIpc) is 3.02. The van der Waals surface area contributed by atoms with Gasteiger partial charge in [0.15, 0.2) is 0 Å². The molecule has 0 amide bonds. The molecule has 0 bridgehead atoms. The normalized spacial score (nSPS) is 12.7. The van der Waals surface area contributed by atoms with Crippen LogP contribution in [0, 0.1) is 0 Å². The lowest BCUT2D eigenvalue weighted by Gasteiger charge is -2.16. The zero-order valence-electron chi connectivity index (χ0n) is 14.2. The maximum Gasteiger partial charge on any atom is 0.0950 e. The summed E-state index contributed by atoms with van der Waals surface area (Å²) in [6.07, 6.45) is 18.7. The van der Waals surface area contributed by atoms with Crippen LogP contribution < -0.4 is 5.32 Å². The van der Waals surface area contributed by atoms with Crippen LogP contribution in [-0.4, -0.2) is 6.54 Å². The summed E-state index contributed by atoms with van der Waals surface area (Å²) in [7, 11) is 0. The Kier molecular flexibility index (Phi) is 11.3. The molecule has 1 aromatic rings. The summed E-state index contributed by atoms with van der Waals surface area (Å²) in [5.74, 6) is 0. The Hall–Kier alpha value is -0.760. The Morgan fingerprint density at radius 3 is 2.14 bits per heavy atom. The second-order valence-corrected chi connectivity index (χ2v) is 6.18. The van der Waals surface area contributed by atoms with Crippen LogP contribution in [0.15, 0.2) is 23.0 Å². The van der Waals surface area contributed by atoms with Gasteiger partial charge in [-0.3, -0.25) is 0 Å². The molecule has 122 valence electrons. The molecular weight excluding hydrogens is 258 g/mol. The van der Waals surface area contributed by atoms with E-state index >= 15 is 0 Å². The van der Waals surface area contributed by atoms with Gasteiger partial charge in [-0.1, -0.05) is 71.6 Å². The fourth-order valence-corrected chi connectivity index (χ4v) is 2.84. The summed E-state index contributed by atoms with van der Waals surface area (Å²) >= 11 is 0. The van der Waals surface area contributed by atoms with Gasteiger partial charge in [-0.15, -0.1) is 0 Å². The van der Waals surface area contributed by atoms with Crippen molar-refractivity contribution >= 4 is 0 Å². The molecule has 0 fully saturated rings. The molecule has 0 aliphatic heterocycles. The Morgan fingerprint density at radius 1 is 0.905 bits per heavy atom. The number of rotatable bonds is 14. The lowest BCUT2D eigenvalue weighted by molar-refractivity contribution is 0.459. The maximum absolute atomic E-state index is 5.23. The maximum atomic E-state index is 5.23. The van der Waals surface area contributed by atoms with Crippen molar-refractivity contribution in [3.8, 4) is 0 Å². The summed E-state index contributed by atoms with van der Waals surface area (Å²) in [6, 6.07) is 2.58. The number of nitrogens with one attached hydrogen (secondary N) is 1. The van der Waals surface area contributed by atoms with Crippen molar-refractivity contribution in [2.24, 2.45) is 0 Å². The van der Waals surface area contributed by atoms with Crippen LogP contribution in [0.25, 0.3) is 0 Å². The molecule has 2 heteroatoms. The zero-order valence-corrected chi connectivity index (χ0v) is 14.2. The van der Waals surface area contributed by atoms with Gasteiger partial charge in [-0.05, 0) is 25.5 Å². The molecule has 0 saturated heterocycles. The summed E-state index contributed by atoms with van der Waals surface area (Å²) in [6.45, 7) is 5.59. The van der Waals surface area contributed by atoms with E-state index in [9.17, 15) is 0 Å². The largest absolute Gasteiger partial charge is 0.472 e. The third-order valence-corrected chi connectivity index (χ3v) is 4.18. The molecule has 0 aliphatic rings. The van der Waals surface area contributed by atoms with Gasteiger partial charge in [-0.2, -0.15) is 0 Å². The van der Waals surface area contributed by atoms with Gasteiger partial charge in [0.05, 0.1) is 12.5 Å². The third kappa shape index (κ3) is 8.98. The van der Waals surface area contributed by atoms with Crippen molar-refractivity contribution in [1.29, 1.82) is 0 Å². The molecule has 0 spiro atoms. The molecule has 21 heavy (non-hydrogen) atoms. The molecular formula is C19H35NO. The highest BCUT2D eigenvalue weighted by atomic mass is 16.3. The van der Waals surface area contributed by atoms with Gasteiger partial charge >= 0.3 is 0 Å². The molecule has 0 radical (unpaired) electrons. The molecule has 1 atom stereocenters. The number of furan rings is 1. The van der Waals surface area contributed by atoms with E-state index in [0.717, 1.165) is 6.54 Å². The summed E-state index contributed by atoms with van der Waals surface area (Å²) < 4.78 is 5.23. The van der Waals surface area contributed by atoms with Crippen LogP contribution in [0.5, 0.6) is 0 Å². The van der Waals surface area contributed by atoms with Crippen LogP contribution >= 0.6 is 0 Å². The Balaban J connectivity index is 2.05. The quantitative estimate of drug-likeness (QED) is 0.411. The minimum Gasteiger partial charge on any atom is -0.472 e. The first-order valence-corrected chi connectivity index (χ1v) is 9.14. The molecule has 1 unspecified atom stereocenters. The van der Waals surface area contributed by atoms with Crippen molar-refractivity contribution < 1.29 is 4.42 Å². The van der Waals surface area contributed by atoms with E-state index in [4.69, 9.17) is 4.42 Å². The first-order valence-electron chi connectivity index (χ1n) is 9.14. The van der Waals surface area contributed by atoms with Gasteiger partial charge in [-0.25, -0.2) is 0 Å². The van der Waals surface area contributed by atoms with Crippen LogP contribution in [0.1, 0.15) is 96.1 Å². The predicted octanol–water partition coefficient (Wildman–Crippen LogP) is 6.24. The lowest BCUT2D eigenvalue weighted by atomic mass is 10.0. The summed E-state index contributed by atoms with van der Waals surface area (Å²) in [4.78, 5) is 0. The second-order valence-electron chi connectivity index (χ2n) is 6.18.